The molecule has 3 amide bonds. The molecule has 4 aromatic carbocycles. The van der Waals surface area contributed by atoms with Gasteiger partial charge in [-0.25, -0.2) is 10.3 Å². The molecule has 1 N–H and O–H groups in total. The van der Waals surface area contributed by atoms with Gasteiger partial charge in [-0.1, -0.05) is 72.8 Å². The number of non-ortho nitro benzene ring substituents is 1. The van der Waals surface area contributed by atoms with E-state index in [0.29, 0.717) is 5.56 Å². The van der Waals surface area contributed by atoms with E-state index in [1.807, 2.05) is 48.5 Å². The fourth-order valence-electron chi connectivity index (χ4n) is 7.26. The first kappa shape index (κ1) is 27.8. The minimum absolute atomic E-state index is 0.0945. The number of hydrazone groups is 1. The number of para-hydroxylation sites is 2. The summed E-state index contributed by atoms with van der Waals surface area (Å²) in [5.41, 5.74) is 4.43. The number of imide groups is 1. The van der Waals surface area contributed by atoms with Crippen molar-refractivity contribution in [2.45, 2.75) is 17.8 Å². The Labute approximate surface area is 255 Å². The lowest BCUT2D eigenvalue weighted by molar-refractivity contribution is -0.384. The van der Waals surface area contributed by atoms with Gasteiger partial charge in [-0.3, -0.25) is 34.6 Å². The average molecular weight is 602 g/mol. The zero-order chi connectivity index (χ0) is 31.5. The second-order valence-electron chi connectivity index (χ2n) is 11.2. The second kappa shape index (κ2) is 10.3. The van der Waals surface area contributed by atoms with Crippen LogP contribution in [0.25, 0.3) is 0 Å². The molecule has 12 nitrogen and oxygen atoms in total. The molecule has 2 atom stereocenters. The van der Waals surface area contributed by atoms with Crippen LogP contribution < -0.4 is 10.3 Å². The van der Waals surface area contributed by atoms with Crippen molar-refractivity contribution in [2.24, 2.45) is 16.9 Å². The standard InChI is InChI=1S/C33H23N5O7/c39-27(17-19-13-15-20(16-14-19)37(42)43)35-34-18-33-23-9-3-1-7-21(23)28(22-8-2-4-10-24(22)33)29-30(33)32(41)36(31(29)40)25-11-5-6-12-26(25)38(44)45/h1-16,18,28-30H,17H2,(H,35,39)/b34-18-/t28?,29-,30+,33?/m1/s1. The topological polar surface area (TPSA) is 165 Å². The van der Waals surface area contributed by atoms with Crippen molar-refractivity contribution >= 4 is 41.0 Å². The lowest BCUT2D eigenvalue weighted by Gasteiger charge is -2.52. The van der Waals surface area contributed by atoms with Crippen LogP contribution in [0.4, 0.5) is 17.1 Å². The van der Waals surface area contributed by atoms with Gasteiger partial charge in [0, 0.05) is 30.3 Å². The summed E-state index contributed by atoms with van der Waals surface area (Å²) >= 11 is 0. The molecule has 45 heavy (non-hydrogen) atoms. The summed E-state index contributed by atoms with van der Waals surface area (Å²) in [6.45, 7) is 0. The van der Waals surface area contributed by atoms with Gasteiger partial charge < -0.3 is 0 Å². The number of nitro benzene ring substituents is 2. The summed E-state index contributed by atoms with van der Waals surface area (Å²) in [6, 6.07) is 26.2. The van der Waals surface area contributed by atoms with Gasteiger partial charge in [0.15, 0.2) is 0 Å². The van der Waals surface area contributed by atoms with Gasteiger partial charge in [-0.05, 0) is 33.9 Å². The average Bonchev–Trinajstić information content (AvgIpc) is 3.31. The Morgan fingerprint density at radius 2 is 1.42 bits per heavy atom. The number of amides is 3. The minimum Gasteiger partial charge on any atom is -0.274 e. The zero-order valence-corrected chi connectivity index (χ0v) is 23.4. The van der Waals surface area contributed by atoms with Gasteiger partial charge in [-0.2, -0.15) is 5.10 Å². The molecule has 1 heterocycles. The third-order valence-corrected chi connectivity index (χ3v) is 8.97. The van der Waals surface area contributed by atoms with E-state index in [1.165, 1.54) is 48.7 Å². The highest BCUT2D eigenvalue weighted by Crippen LogP contribution is 2.63. The van der Waals surface area contributed by atoms with E-state index in [0.717, 1.165) is 27.2 Å². The number of anilines is 1. The van der Waals surface area contributed by atoms with Gasteiger partial charge in [0.2, 0.25) is 17.7 Å². The van der Waals surface area contributed by atoms with Crippen molar-refractivity contribution < 1.29 is 24.2 Å². The maximum atomic E-state index is 14.4. The number of nitrogens with one attached hydrogen (secondary N) is 1. The largest absolute Gasteiger partial charge is 0.293 e. The van der Waals surface area contributed by atoms with E-state index in [4.69, 9.17) is 0 Å². The highest BCUT2D eigenvalue weighted by atomic mass is 16.6. The highest BCUT2D eigenvalue weighted by molar-refractivity contribution is 6.25. The highest BCUT2D eigenvalue weighted by Gasteiger charge is 2.68. The number of nitro groups is 2. The first-order valence-corrected chi connectivity index (χ1v) is 14.1. The molecule has 1 fully saturated rings. The van der Waals surface area contributed by atoms with Crippen LogP contribution in [0, 0.1) is 32.1 Å². The molecule has 0 spiro atoms. The van der Waals surface area contributed by atoms with Gasteiger partial charge in [0.05, 0.1) is 33.5 Å². The summed E-state index contributed by atoms with van der Waals surface area (Å²) in [7, 11) is 0. The van der Waals surface area contributed by atoms with Crippen molar-refractivity contribution in [1.82, 2.24) is 5.43 Å². The molecule has 0 unspecified atom stereocenters. The van der Waals surface area contributed by atoms with E-state index < -0.39 is 50.7 Å². The number of hydrogen-bond donors (Lipinski definition) is 1. The molecule has 1 aliphatic heterocycles. The maximum Gasteiger partial charge on any atom is 0.293 e. The Bertz CT molecular complexity index is 1920. The van der Waals surface area contributed by atoms with E-state index >= 15 is 0 Å². The van der Waals surface area contributed by atoms with E-state index in [2.05, 4.69) is 10.5 Å². The molecule has 2 bridgehead atoms. The Balaban J connectivity index is 1.32. The van der Waals surface area contributed by atoms with Crippen LogP contribution in [-0.4, -0.2) is 33.8 Å². The summed E-state index contributed by atoms with van der Waals surface area (Å²) < 4.78 is 0. The Kier molecular flexibility index (Phi) is 6.36. The van der Waals surface area contributed by atoms with Crippen LogP contribution in [0.5, 0.6) is 0 Å². The number of carbonyl (C=O) groups is 3. The molecule has 0 aromatic heterocycles. The Morgan fingerprint density at radius 3 is 2.04 bits per heavy atom. The van der Waals surface area contributed by atoms with Crippen molar-refractivity contribution in [3.63, 3.8) is 0 Å². The fraction of sp³-hybridized carbons (Fsp3) is 0.152. The van der Waals surface area contributed by atoms with Crippen molar-refractivity contribution in [1.29, 1.82) is 0 Å². The monoisotopic (exact) mass is 601 g/mol. The molecule has 12 heteroatoms. The first-order valence-electron chi connectivity index (χ1n) is 14.1. The molecular formula is C33H23N5O7. The third kappa shape index (κ3) is 4.06. The van der Waals surface area contributed by atoms with Gasteiger partial charge in [0.1, 0.15) is 5.69 Å². The summed E-state index contributed by atoms with van der Waals surface area (Å²) in [4.78, 5) is 64.3. The van der Waals surface area contributed by atoms with E-state index in [9.17, 15) is 34.6 Å². The molecule has 0 saturated carbocycles. The summed E-state index contributed by atoms with van der Waals surface area (Å²) in [6.07, 6.45) is 1.39. The van der Waals surface area contributed by atoms with Crippen LogP contribution in [0.2, 0.25) is 0 Å². The van der Waals surface area contributed by atoms with Gasteiger partial charge in [-0.15, -0.1) is 0 Å². The minimum atomic E-state index is -1.28. The molecule has 0 radical (unpaired) electrons. The van der Waals surface area contributed by atoms with Crippen molar-refractivity contribution in [3.05, 3.63) is 145 Å². The number of benzene rings is 4. The first-order chi connectivity index (χ1) is 21.7. The number of carbonyl (C=O) groups excluding carboxylic acids is 3. The molecular weight excluding hydrogens is 578 g/mol. The number of hydrogen-bond acceptors (Lipinski definition) is 8. The Morgan fingerprint density at radius 1 is 0.822 bits per heavy atom. The molecule has 4 aliphatic rings. The number of rotatable bonds is 7. The zero-order valence-electron chi connectivity index (χ0n) is 23.4. The lowest BCUT2D eigenvalue weighted by Crippen LogP contribution is -2.54. The smallest absolute Gasteiger partial charge is 0.274 e. The predicted octanol–water partition coefficient (Wildman–Crippen LogP) is 4.40. The predicted molar refractivity (Wildman–Crippen MR) is 162 cm³/mol. The molecule has 222 valence electrons. The van der Waals surface area contributed by atoms with Crippen molar-refractivity contribution in [3.8, 4) is 0 Å². The third-order valence-electron chi connectivity index (χ3n) is 8.97. The quantitative estimate of drug-likeness (QED) is 0.142. The molecule has 3 aliphatic carbocycles. The summed E-state index contributed by atoms with van der Waals surface area (Å²) in [5, 5.41) is 27.2. The van der Waals surface area contributed by atoms with Crippen LogP contribution in [0.1, 0.15) is 33.7 Å². The van der Waals surface area contributed by atoms with Crippen molar-refractivity contribution in [2.75, 3.05) is 4.90 Å². The summed E-state index contributed by atoms with van der Waals surface area (Å²) in [5.74, 6) is -3.95. The molecule has 1 saturated heterocycles. The second-order valence-corrected chi connectivity index (χ2v) is 11.2. The van der Waals surface area contributed by atoms with Crippen LogP contribution in [0.3, 0.4) is 0 Å². The molecule has 4 aromatic rings. The molecule has 8 rings (SSSR count). The lowest BCUT2D eigenvalue weighted by atomic mass is 9.47. The maximum absolute atomic E-state index is 14.4. The van der Waals surface area contributed by atoms with E-state index in [1.54, 1.807) is 6.07 Å². The van der Waals surface area contributed by atoms with E-state index in [-0.39, 0.29) is 23.5 Å². The number of nitrogens with zero attached hydrogens (tertiary/aromatic N) is 4. The fourth-order valence-corrected chi connectivity index (χ4v) is 7.26. The van der Waals surface area contributed by atoms with Gasteiger partial charge >= 0.3 is 0 Å². The van der Waals surface area contributed by atoms with Crippen LogP contribution in [-0.2, 0) is 26.2 Å². The van der Waals surface area contributed by atoms with Gasteiger partial charge in [0.25, 0.3) is 11.4 Å². The normalized spacial score (nSPS) is 22.6. The Hall–Kier alpha value is -6.04. The SMILES string of the molecule is O=C(Cc1ccc([N+](=O)[O-])cc1)N/N=C\C12c3ccccc3C(c3ccccc31)[C@H]1C(=O)N(c3ccccc3[N+](=O)[O-])C(=O)[C@H]12. The van der Waals surface area contributed by atoms with Crippen LogP contribution >= 0.6 is 0 Å². The van der Waals surface area contributed by atoms with Crippen LogP contribution in [0.15, 0.2) is 102 Å².